The first-order valence-corrected chi connectivity index (χ1v) is 14.2. The predicted molar refractivity (Wildman–Crippen MR) is 143 cm³/mol. The summed E-state index contributed by atoms with van der Waals surface area (Å²) >= 11 is 0. The van der Waals surface area contributed by atoms with Crippen LogP contribution >= 0.6 is 0 Å². The highest BCUT2D eigenvalue weighted by Gasteiger charge is 2.28. The molecule has 0 spiro atoms. The maximum Gasteiger partial charge on any atom is 0.167 e. The van der Waals surface area contributed by atoms with Gasteiger partial charge in [0, 0.05) is 5.39 Å². The number of halogens is 2. The molecular formula is C32H44F2O. The van der Waals surface area contributed by atoms with Gasteiger partial charge >= 0.3 is 0 Å². The summed E-state index contributed by atoms with van der Waals surface area (Å²) in [5.41, 5.74) is 0.564. The Bertz CT molecular complexity index is 952. The van der Waals surface area contributed by atoms with Crippen LogP contribution in [-0.4, -0.2) is 6.61 Å². The second kappa shape index (κ2) is 12.9. The molecule has 0 unspecified atom stereocenters. The summed E-state index contributed by atoms with van der Waals surface area (Å²) < 4.78 is 35.6. The minimum atomic E-state index is -0.742. The molecule has 0 aromatic heterocycles. The number of benzene rings is 2. The molecule has 0 heterocycles. The van der Waals surface area contributed by atoms with Gasteiger partial charge in [-0.1, -0.05) is 89.9 Å². The lowest BCUT2D eigenvalue weighted by molar-refractivity contribution is 0.221. The van der Waals surface area contributed by atoms with Crippen molar-refractivity contribution in [2.24, 2.45) is 17.8 Å². The number of rotatable bonds is 11. The SMILES string of the molecule is C=CCOc1ccc2cc(C3CCC(CCC4CCC(CCCCC)CC4)CC3)c(F)c(F)c2c1. The van der Waals surface area contributed by atoms with E-state index in [-0.39, 0.29) is 5.92 Å². The first kappa shape index (κ1) is 26.2. The average Bonchev–Trinajstić information content (AvgIpc) is 2.89. The van der Waals surface area contributed by atoms with E-state index < -0.39 is 11.6 Å². The maximum absolute atomic E-state index is 15.1. The summed E-state index contributed by atoms with van der Waals surface area (Å²) in [5, 5.41) is 1.04. The lowest BCUT2D eigenvalue weighted by Crippen LogP contribution is -2.18. The minimum Gasteiger partial charge on any atom is -0.490 e. The van der Waals surface area contributed by atoms with Gasteiger partial charge in [0.25, 0.3) is 0 Å². The van der Waals surface area contributed by atoms with Crippen LogP contribution in [-0.2, 0) is 0 Å². The third kappa shape index (κ3) is 6.86. The van der Waals surface area contributed by atoms with Crippen molar-refractivity contribution in [1.82, 2.24) is 0 Å². The Morgan fingerprint density at radius 2 is 1.46 bits per heavy atom. The zero-order valence-electron chi connectivity index (χ0n) is 21.7. The molecule has 2 saturated carbocycles. The fourth-order valence-corrected chi connectivity index (χ4v) is 6.59. The maximum atomic E-state index is 15.1. The van der Waals surface area contributed by atoms with Crippen LogP contribution in [0.3, 0.4) is 0 Å². The van der Waals surface area contributed by atoms with E-state index in [2.05, 4.69) is 13.5 Å². The van der Waals surface area contributed by atoms with Gasteiger partial charge in [0.1, 0.15) is 12.4 Å². The van der Waals surface area contributed by atoms with Crippen molar-refractivity contribution in [3.05, 3.63) is 54.1 Å². The van der Waals surface area contributed by atoms with E-state index >= 15 is 4.39 Å². The molecule has 35 heavy (non-hydrogen) atoms. The van der Waals surface area contributed by atoms with E-state index in [9.17, 15) is 4.39 Å². The third-order valence-electron chi connectivity index (χ3n) is 8.84. The molecule has 4 rings (SSSR count). The smallest absolute Gasteiger partial charge is 0.167 e. The first-order chi connectivity index (χ1) is 17.1. The summed E-state index contributed by atoms with van der Waals surface area (Å²) in [6, 6.07) is 7.12. The number of unbranched alkanes of at least 4 members (excludes halogenated alkanes) is 2. The highest BCUT2D eigenvalue weighted by atomic mass is 19.2. The van der Waals surface area contributed by atoms with Crippen LogP contribution in [0, 0.1) is 29.4 Å². The summed E-state index contributed by atoms with van der Waals surface area (Å²) in [6.45, 7) is 6.26. The Hall–Kier alpha value is -1.90. The standard InChI is InChI=1S/C32H44F2O/c1-3-5-6-7-23-8-10-24(11-9-23)12-13-25-14-16-26(17-15-25)29-21-27-18-19-28(35-20-4-2)22-30(27)32(34)31(29)33/h4,18-19,21-26H,2-3,5-17,20H2,1H3. The molecule has 2 aliphatic rings. The van der Waals surface area contributed by atoms with Crippen molar-refractivity contribution in [3.8, 4) is 5.75 Å². The largest absolute Gasteiger partial charge is 0.490 e. The molecule has 0 N–H and O–H groups in total. The van der Waals surface area contributed by atoms with Crippen molar-refractivity contribution in [2.75, 3.05) is 6.61 Å². The van der Waals surface area contributed by atoms with Crippen molar-refractivity contribution in [3.63, 3.8) is 0 Å². The Labute approximate surface area is 211 Å². The molecule has 2 aromatic rings. The normalized spacial score (nSPS) is 25.0. The molecule has 0 aliphatic heterocycles. The molecular weight excluding hydrogens is 438 g/mol. The van der Waals surface area contributed by atoms with Gasteiger partial charge in [-0.15, -0.1) is 0 Å². The quantitative estimate of drug-likeness (QED) is 0.229. The molecule has 0 amide bonds. The topological polar surface area (TPSA) is 9.23 Å². The monoisotopic (exact) mass is 482 g/mol. The van der Waals surface area contributed by atoms with Crippen LogP contribution in [0.2, 0.25) is 0 Å². The second-order valence-corrected chi connectivity index (χ2v) is 11.3. The number of hydrogen-bond acceptors (Lipinski definition) is 1. The van der Waals surface area contributed by atoms with E-state index in [1.54, 1.807) is 12.1 Å². The third-order valence-corrected chi connectivity index (χ3v) is 8.84. The Balaban J connectivity index is 1.26. The number of ether oxygens (including phenoxy) is 1. The van der Waals surface area contributed by atoms with Gasteiger partial charge in [-0.05, 0) is 78.5 Å². The van der Waals surface area contributed by atoms with Crippen LogP contribution in [0.5, 0.6) is 5.75 Å². The van der Waals surface area contributed by atoms with E-state index in [1.807, 2.05) is 18.2 Å². The lowest BCUT2D eigenvalue weighted by Gasteiger charge is -2.32. The van der Waals surface area contributed by atoms with Crippen molar-refractivity contribution in [2.45, 2.75) is 103 Å². The van der Waals surface area contributed by atoms with Crippen molar-refractivity contribution < 1.29 is 13.5 Å². The molecule has 2 aromatic carbocycles. The van der Waals surface area contributed by atoms with Crippen LogP contribution < -0.4 is 4.74 Å². The van der Waals surface area contributed by atoms with Crippen LogP contribution in [0.15, 0.2) is 36.9 Å². The highest BCUT2D eigenvalue weighted by Crippen LogP contribution is 2.42. The van der Waals surface area contributed by atoms with Gasteiger partial charge in [-0.2, -0.15) is 0 Å². The highest BCUT2D eigenvalue weighted by molar-refractivity contribution is 5.85. The van der Waals surface area contributed by atoms with Gasteiger partial charge in [0.15, 0.2) is 11.6 Å². The Kier molecular flexibility index (Phi) is 9.63. The second-order valence-electron chi connectivity index (χ2n) is 11.3. The van der Waals surface area contributed by atoms with E-state index in [1.165, 1.54) is 64.2 Å². The van der Waals surface area contributed by atoms with E-state index in [0.29, 0.717) is 23.3 Å². The van der Waals surface area contributed by atoms with Gasteiger partial charge in [0.05, 0.1) is 0 Å². The van der Waals surface area contributed by atoms with Crippen LogP contribution in [0.4, 0.5) is 8.78 Å². The molecule has 3 heteroatoms. The lowest BCUT2D eigenvalue weighted by atomic mass is 9.73. The van der Waals surface area contributed by atoms with Gasteiger partial charge in [-0.3, -0.25) is 0 Å². The van der Waals surface area contributed by atoms with E-state index in [0.717, 1.165) is 48.8 Å². The zero-order chi connectivity index (χ0) is 24.6. The fraction of sp³-hybridized carbons (Fsp3) is 0.625. The van der Waals surface area contributed by atoms with Gasteiger partial charge in [0.2, 0.25) is 0 Å². The van der Waals surface area contributed by atoms with Crippen molar-refractivity contribution in [1.29, 1.82) is 0 Å². The molecule has 192 valence electrons. The molecule has 0 radical (unpaired) electrons. The summed E-state index contributed by atoms with van der Waals surface area (Å²) in [4.78, 5) is 0. The summed E-state index contributed by atoms with van der Waals surface area (Å²) in [6.07, 6.45) is 19.9. The molecule has 0 bridgehead atoms. The van der Waals surface area contributed by atoms with Gasteiger partial charge in [-0.25, -0.2) is 8.78 Å². The summed E-state index contributed by atoms with van der Waals surface area (Å²) in [7, 11) is 0. The fourth-order valence-electron chi connectivity index (χ4n) is 6.59. The number of fused-ring (bicyclic) bond motifs is 1. The Morgan fingerprint density at radius 1 is 0.829 bits per heavy atom. The predicted octanol–water partition coefficient (Wildman–Crippen LogP) is 10.1. The molecule has 1 nitrogen and oxygen atoms in total. The van der Waals surface area contributed by atoms with Crippen LogP contribution in [0.25, 0.3) is 10.8 Å². The van der Waals surface area contributed by atoms with E-state index in [4.69, 9.17) is 4.74 Å². The van der Waals surface area contributed by atoms with Crippen LogP contribution in [0.1, 0.15) is 108 Å². The number of hydrogen-bond donors (Lipinski definition) is 0. The molecule has 0 saturated heterocycles. The van der Waals surface area contributed by atoms with Crippen molar-refractivity contribution >= 4 is 10.8 Å². The minimum absolute atomic E-state index is 0.125. The van der Waals surface area contributed by atoms with Gasteiger partial charge < -0.3 is 4.74 Å². The molecule has 2 fully saturated rings. The zero-order valence-corrected chi connectivity index (χ0v) is 21.7. The first-order valence-electron chi connectivity index (χ1n) is 14.2. The summed E-state index contributed by atoms with van der Waals surface area (Å²) in [5.74, 6) is 1.91. The average molecular weight is 483 g/mol. The Morgan fingerprint density at radius 3 is 2.09 bits per heavy atom. The molecule has 0 atom stereocenters. The molecule has 2 aliphatic carbocycles.